The standard InChI is InChI=1S/C16H18ClNO/c17-15-14(11-12-7-3-1-4-8-12)19-18-16(15)13-9-5-2-6-10-13/h1,3-4,7-8,13H,2,5-6,9-11H2. The zero-order chi connectivity index (χ0) is 13.1. The highest BCUT2D eigenvalue weighted by Gasteiger charge is 2.24. The van der Waals surface area contributed by atoms with Crippen LogP contribution in [0.25, 0.3) is 0 Å². The highest BCUT2D eigenvalue weighted by atomic mass is 35.5. The van der Waals surface area contributed by atoms with Crippen molar-refractivity contribution in [3.63, 3.8) is 0 Å². The summed E-state index contributed by atoms with van der Waals surface area (Å²) < 4.78 is 5.47. The van der Waals surface area contributed by atoms with Gasteiger partial charge in [0.25, 0.3) is 0 Å². The fraction of sp³-hybridized carbons (Fsp3) is 0.438. The van der Waals surface area contributed by atoms with Gasteiger partial charge >= 0.3 is 0 Å². The van der Waals surface area contributed by atoms with Crippen LogP contribution in [0, 0.1) is 0 Å². The van der Waals surface area contributed by atoms with E-state index in [1.165, 1.54) is 37.7 Å². The Balaban J connectivity index is 1.78. The number of hydrogen-bond donors (Lipinski definition) is 0. The SMILES string of the molecule is Clc1c(C2CCCCC2)noc1Cc1ccccc1. The zero-order valence-corrected chi connectivity index (χ0v) is 11.7. The third kappa shape index (κ3) is 2.84. The minimum Gasteiger partial charge on any atom is -0.359 e. The number of halogens is 1. The Morgan fingerprint density at radius 1 is 1.11 bits per heavy atom. The Hall–Kier alpha value is -1.28. The molecule has 3 heteroatoms. The molecule has 0 bridgehead atoms. The summed E-state index contributed by atoms with van der Waals surface area (Å²) in [4.78, 5) is 0. The third-order valence-electron chi connectivity index (χ3n) is 3.92. The van der Waals surface area contributed by atoms with Crippen molar-refractivity contribution in [2.75, 3.05) is 0 Å². The van der Waals surface area contributed by atoms with Crippen molar-refractivity contribution in [1.82, 2.24) is 5.16 Å². The molecule has 1 aliphatic carbocycles. The summed E-state index contributed by atoms with van der Waals surface area (Å²) in [6, 6.07) is 10.2. The summed E-state index contributed by atoms with van der Waals surface area (Å²) in [5.74, 6) is 1.29. The predicted molar refractivity (Wildman–Crippen MR) is 76.6 cm³/mol. The van der Waals surface area contributed by atoms with Crippen LogP contribution in [0.15, 0.2) is 34.9 Å². The first-order chi connectivity index (χ1) is 9.34. The van der Waals surface area contributed by atoms with Gasteiger partial charge in [-0.05, 0) is 18.4 Å². The predicted octanol–water partition coefficient (Wildman–Crippen LogP) is 4.97. The van der Waals surface area contributed by atoms with Gasteiger partial charge in [0.15, 0.2) is 5.76 Å². The van der Waals surface area contributed by atoms with Crippen molar-refractivity contribution in [1.29, 1.82) is 0 Å². The summed E-state index contributed by atoms with van der Waals surface area (Å²) in [7, 11) is 0. The molecule has 2 nitrogen and oxygen atoms in total. The number of hydrogen-bond acceptors (Lipinski definition) is 2. The van der Waals surface area contributed by atoms with Crippen LogP contribution in [-0.4, -0.2) is 5.16 Å². The topological polar surface area (TPSA) is 26.0 Å². The minimum atomic E-state index is 0.495. The average Bonchev–Trinajstić information content (AvgIpc) is 2.82. The van der Waals surface area contributed by atoms with E-state index in [0.717, 1.165) is 22.9 Å². The smallest absolute Gasteiger partial charge is 0.159 e. The van der Waals surface area contributed by atoms with Crippen LogP contribution in [0.1, 0.15) is 55.0 Å². The first-order valence-electron chi connectivity index (χ1n) is 7.02. The van der Waals surface area contributed by atoms with Gasteiger partial charge in [-0.2, -0.15) is 0 Å². The molecular formula is C16H18ClNO. The van der Waals surface area contributed by atoms with E-state index >= 15 is 0 Å². The van der Waals surface area contributed by atoms with Crippen LogP contribution >= 0.6 is 11.6 Å². The van der Waals surface area contributed by atoms with Gasteiger partial charge in [-0.15, -0.1) is 0 Å². The molecule has 1 fully saturated rings. The Bertz CT molecular complexity index is 529. The van der Waals surface area contributed by atoms with Gasteiger partial charge in [0.05, 0.1) is 0 Å². The molecule has 0 atom stereocenters. The summed E-state index contributed by atoms with van der Waals surface area (Å²) in [5.41, 5.74) is 2.18. The fourth-order valence-corrected chi connectivity index (χ4v) is 3.14. The first kappa shape index (κ1) is 12.7. The normalized spacial score (nSPS) is 16.7. The van der Waals surface area contributed by atoms with Gasteiger partial charge in [0.2, 0.25) is 0 Å². The second kappa shape index (κ2) is 5.79. The molecule has 0 spiro atoms. The third-order valence-corrected chi connectivity index (χ3v) is 4.33. The maximum Gasteiger partial charge on any atom is 0.159 e. The van der Waals surface area contributed by atoms with Crippen LogP contribution < -0.4 is 0 Å². The number of rotatable bonds is 3. The van der Waals surface area contributed by atoms with Crippen LogP contribution in [0.3, 0.4) is 0 Å². The summed E-state index contributed by atoms with van der Waals surface area (Å²) in [6.07, 6.45) is 7.00. The van der Waals surface area contributed by atoms with Crippen LogP contribution in [0.2, 0.25) is 5.02 Å². The number of nitrogens with zero attached hydrogens (tertiary/aromatic N) is 1. The molecule has 3 rings (SSSR count). The van der Waals surface area contributed by atoms with Crippen molar-refractivity contribution in [3.05, 3.63) is 52.4 Å². The van der Waals surface area contributed by atoms with E-state index in [4.69, 9.17) is 16.1 Å². The van der Waals surface area contributed by atoms with Crippen LogP contribution in [0.5, 0.6) is 0 Å². The van der Waals surface area contributed by atoms with Crippen molar-refractivity contribution in [2.45, 2.75) is 44.4 Å². The molecule has 0 aliphatic heterocycles. The molecule has 0 amide bonds. The molecular weight excluding hydrogens is 258 g/mol. The molecule has 1 saturated carbocycles. The monoisotopic (exact) mass is 275 g/mol. The number of benzene rings is 1. The molecule has 0 radical (unpaired) electrons. The van der Waals surface area contributed by atoms with Gasteiger partial charge in [-0.3, -0.25) is 0 Å². The second-order valence-corrected chi connectivity index (χ2v) is 5.68. The van der Waals surface area contributed by atoms with Crippen molar-refractivity contribution < 1.29 is 4.52 Å². The van der Waals surface area contributed by atoms with Gasteiger partial charge in [-0.25, -0.2) is 0 Å². The molecule has 1 heterocycles. The lowest BCUT2D eigenvalue weighted by Gasteiger charge is -2.19. The lowest BCUT2D eigenvalue weighted by molar-refractivity contribution is 0.362. The largest absolute Gasteiger partial charge is 0.359 e. The average molecular weight is 276 g/mol. The van der Waals surface area contributed by atoms with Gasteiger partial charge < -0.3 is 4.52 Å². The highest BCUT2D eigenvalue weighted by molar-refractivity contribution is 6.31. The van der Waals surface area contributed by atoms with E-state index in [2.05, 4.69) is 17.3 Å². The second-order valence-electron chi connectivity index (χ2n) is 5.30. The summed E-state index contributed by atoms with van der Waals surface area (Å²) in [6.45, 7) is 0. The van der Waals surface area contributed by atoms with E-state index in [0.29, 0.717) is 5.92 Å². The molecule has 0 saturated heterocycles. The Kier molecular flexibility index (Phi) is 3.88. The van der Waals surface area contributed by atoms with E-state index in [-0.39, 0.29) is 0 Å². The van der Waals surface area contributed by atoms with E-state index in [9.17, 15) is 0 Å². The van der Waals surface area contributed by atoms with E-state index in [1.807, 2.05) is 18.2 Å². The lowest BCUT2D eigenvalue weighted by atomic mass is 9.87. The van der Waals surface area contributed by atoms with E-state index in [1.54, 1.807) is 0 Å². The highest BCUT2D eigenvalue weighted by Crippen LogP contribution is 2.37. The number of aromatic nitrogens is 1. The minimum absolute atomic E-state index is 0.495. The first-order valence-corrected chi connectivity index (χ1v) is 7.40. The van der Waals surface area contributed by atoms with Gasteiger partial charge in [0, 0.05) is 12.3 Å². The van der Waals surface area contributed by atoms with Gasteiger partial charge in [0.1, 0.15) is 10.7 Å². The summed E-state index contributed by atoms with van der Waals surface area (Å²) >= 11 is 6.45. The maximum absolute atomic E-state index is 6.45. The molecule has 1 aromatic heterocycles. The Morgan fingerprint density at radius 2 is 1.84 bits per heavy atom. The van der Waals surface area contributed by atoms with Crippen molar-refractivity contribution >= 4 is 11.6 Å². The van der Waals surface area contributed by atoms with Gasteiger partial charge in [-0.1, -0.05) is 66.4 Å². The molecule has 2 aromatic rings. The molecule has 0 unspecified atom stereocenters. The quantitative estimate of drug-likeness (QED) is 0.791. The fourth-order valence-electron chi connectivity index (χ4n) is 2.85. The molecule has 19 heavy (non-hydrogen) atoms. The van der Waals surface area contributed by atoms with Crippen LogP contribution in [0.4, 0.5) is 0 Å². The van der Waals surface area contributed by atoms with Crippen LogP contribution in [-0.2, 0) is 6.42 Å². The zero-order valence-electron chi connectivity index (χ0n) is 10.9. The lowest BCUT2D eigenvalue weighted by Crippen LogP contribution is -2.05. The Morgan fingerprint density at radius 3 is 2.58 bits per heavy atom. The van der Waals surface area contributed by atoms with Crippen molar-refractivity contribution in [2.24, 2.45) is 0 Å². The summed E-state index contributed by atoms with van der Waals surface area (Å²) in [5, 5.41) is 4.97. The van der Waals surface area contributed by atoms with Crippen molar-refractivity contribution in [3.8, 4) is 0 Å². The maximum atomic E-state index is 6.45. The molecule has 1 aromatic carbocycles. The molecule has 1 aliphatic rings. The van der Waals surface area contributed by atoms with E-state index < -0.39 is 0 Å². The molecule has 0 N–H and O–H groups in total. The Labute approximate surface area is 118 Å². The molecule has 100 valence electrons.